The molecule has 0 aromatic heterocycles. The molecule has 24 heavy (non-hydrogen) atoms. The lowest BCUT2D eigenvalue weighted by Gasteiger charge is -2.17. The normalized spacial score (nSPS) is 19.0. The largest absolute Gasteiger partial charge is 0.478 e. The van der Waals surface area contributed by atoms with E-state index in [0.717, 1.165) is 38.0 Å². The van der Waals surface area contributed by atoms with Crippen LogP contribution in [0.2, 0.25) is 0 Å². The predicted octanol–water partition coefficient (Wildman–Crippen LogP) is 1.53. The molecule has 1 aromatic rings. The molecule has 0 amide bonds. The maximum Gasteiger partial charge on any atom is 0.335 e. The fourth-order valence-corrected chi connectivity index (χ4v) is 3.96. The van der Waals surface area contributed by atoms with Crippen molar-refractivity contribution in [3.8, 4) is 0 Å². The number of nitrogens with zero attached hydrogens (tertiary/aromatic N) is 2. The average molecular weight is 354 g/mol. The second-order valence-electron chi connectivity index (χ2n) is 6.62. The summed E-state index contributed by atoms with van der Waals surface area (Å²) in [5, 5.41) is 9.05. The van der Waals surface area contributed by atoms with E-state index in [-0.39, 0.29) is 5.75 Å². The molecule has 0 radical (unpaired) electrons. The molecular weight excluding hydrogens is 328 g/mol. The molecule has 0 spiro atoms. The fraction of sp³-hybridized carbons (Fsp3) is 0.588. The minimum absolute atomic E-state index is 0.182. The zero-order chi connectivity index (χ0) is 17.7. The molecule has 1 fully saturated rings. The van der Waals surface area contributed by atoms with Crippen LogP contribution in [0, 0.1) is 5.92 Å². The van der Waals surface area contributed by atoms with Crippen LogP contribution in [0.25, 0.3) is 0 Å². The molecule has 2 rings (SSSR count). The van der Waals surface area contributed by atoms with Gasteiger partial charge in [-0.1, -0.05) is 12.1 Å². The Morgan fingerprint density at radius 2 is 2.12 bits per heavy atom. The number of benzene rings is 1. The van der Waals surface area contributed by atoms with Gasteiger partial charge in [0.15, 0.2) is 0 Å². The summed E-state index contributed by atoms with van der Waals surface area (Å²) in [6, 6.07) is 7.11. The lowest BCUT2D eigenvalue weighted by atomic mass is 9.97. The summed E-state index contributed by atoms with van der Waals surface area (Å²) in [6.07, 6.45) is 2.58. The minimum Gasteiger partial charge on any atom is -0.478 e. The maximum absolute atomic E-state index is 11.8. The molecule has 6 nitrogen and oxygen atoms in total. The van der Waals surface area contributed by atoms with Crippen LogP contribution in [0.15, 0.2) is 24.3 Å². The molecule has 1 N–H and O–H groups in total. The Hall–Kier alpha value is -1.44. The van der Waals surface area contributed by atoms with Gasteiger partial charge in [-0.25, -0.2) is 17.5 Å². The summed E-state index contributed by atoms with van der Waals surface area (Å²) in [4.78, 5) is 13.3. The second-order valence-corrected chi connectivity index (χ2v) is 8.92. The van der Waals surface area contributed by atoms with Gasteiger partial charge < -0.3 is 10.0 Å². The number of hydrogen-bond acceptors (Lipinski definition) is 4. The lowest BCUT2D eigenvalue weighted by molar-refractivity contribution is 0.0696. The van der Waals surface area contributed by atoms with E-state index in [9.17, 15) is 13.2 Å². The van der Waals surface area contributed by atoms with E-state index in [1.807, 2.05) is 6.07 Å². The van der Waals surface area contributed by atoms with Crippen LogP contribution < -0.4 is 0 Å². The first-order valence-electron chi connectivity index (χ1n) is 8.23. The average Bonchev–Trinajstić information content (AvgIpc) is 2.94. The van der Waals surface area contributed by atoms with Crippen molar-refractivity contribution in [1.29, 1.82) is 0 Å². The maximum atomic E-state index is 11.8. The van der Waals surface area contributed by atoms with Crippen molar-refractivity contribution in [2.24, 2.45) is 5.92 Å². The molecule has 1 saturated heterocycles. The number of carbonyl (C=O) groups is 1. The Morgan fingerprint density at radius 1 is 1.38 bits per heavy atom. The topological polar surface area (TPSA) is 77.9 Å². The molecule has 0 saturated carbocycles. The van der Waals surface area contributed by atoms with E-state index in [0.29, 0.717) is 17.9 Å². The third-order valence-corrected chi connectivity index (χ3v) is 6.42. The SMILES string of the molecule is CN(C)S(=O)(=O)CCCN1CC[C@H](Cc2cccc(C(=O)O)c2)C1. The minimum atomic E-state index is -3.11. The molecule has 7 heteroatoms. The molecule has 0 bridgehead atoms. The molecule has 1 aliphatic rings. The third kappa shape index (κ3) is 5.29. The summed E-state index contributed by atoms with van der Waals surface area (Å²) in [5.41, 5.74) is 1.38. The highest BCUT2D eigenvalue weighted by molar-refractivity contribution is 7.89. The van der Waals surface area contributed by atoms with Gasteiger partial charge in [-0.2, -0.15) is 0 Å². The van der Waals surface area contributed by atoms with E-state index in [4.69, 9.17) is 5.11 Å². The molecule has 134 valence electrons. The zero-order valence-corrected chi connectivity index (χ0v) is 15.1. The quantitative estimate of drug-likeness (QED) is 0.766. The van der Waals surface area contributed by atoms with E-state index in [2.05, 4.69) is 4.90 Å². The van der Waals surface area contributed by atoms with Gasteiger partial charge in [-0.3, -0.25) is 0 Å². The number of likely N-dealkylation sites (tertiary alicyclic amines) is 1. The number of carboxylic acids is 1. The van der Waals surface area contributed by atoms with Gasteiger partial charge in [0, 0.05) is 20.6 Å². The monoisotopic (exact) mass is 354 g/mol. The summed E-state index contributed by atoms with van der Waals surface area (Å²) in [5.74, 6) is -0.214. The van der Waals surface area contributed by atoms with Gasteiger partial charge in [0.25, 0.3) is 0 Å². The third-order valence-electron chi connectivity index (χ3n) is 4.50. The Balaban J connectivity index is 1.79. The van der Waals surface area contributed by atoms with Crippen molar-refractivity contribution in [3.63, 3.8) is 0 Å². The summed E-state index contributed by atoms with van der Waals surface area (Å²) >= 11 is 0. The van der Waals surface area contributed by atoms with Crippen molar-refractivity contribution in [1.82, 2.24) is 9.21 Å². The van der Waals surface area contributed by atoms with Crippen molar-refractivity contribution in [3.05, 3.63) is 35.4 Å². The standard InChI is InChI=1S/C17H26N2O4S/c1-18(2)24(22,23)10-4-8-19-9-7-15(13-19)11-14-5-3-6-16(12-14)17(20)21/h3,5-6,12,15H,4,7-11,13H2,1-2H3,(H,20,21)/t15-/m1/s1. The smallest absolute Gasteiger partial charge is 0.335 e. The summed E-state index contributed by atoms with van der Waals surface area (Å²) < 4.78 is 24.8. The first-order chi connectivity index (χ1) is 11.3. The van der Waals surface area contributed by atoms with E-state index >= 15 is 0 Å². The zero-order valence-electron chi connectivity index (χ0n) is 14.3. The van der Waals surface area contributed by atoms with Gasteiger partial charge in [0.05, 0.1) is 11.3 Å². The Morgan fingerprint density at radius 3 is 2.79 bits per heavy atom. The van der Waals surface area contributed by atoms with Crippen LogP contribution in [-0.2, 0) is 16.4 Å². The summed E-state index contributed by atoms with van der Waals surface area (Å²) in [7, 11) is 0.0101. The van der Waals surface area contributed by atoms with Crippen molar-refractivity contribution < 1.29 is 18.3 Å². The highest BCUT2D eigenvalue weighted by Crippen LogP contribution is 2.21. The van der Waals surface area contributed by atoms with Gasteiger partial charge >= 0.3 is 5.97 Å². The van der Waals surface area contributed by atoms with Gasteiger partial charge in [-0.15, -0.1) is 0 Å². The van der Waals surface area contributed by atoms with Crippen LogP contribution in [0.4, 0.5) is 0 Å². The molecule has 1 heterocycles. The highest BCUT2D eigenvalue weighted by Gasteiger charge is 2.23. The van der Waals surface area contributed by atoms with Gasteiger partial charge in [-0.05, 0) is 56.0 Å². The lowest BCUT2D eigenvalue weighted by Crippen LogP contribution is -2.29. The Labute approximate surface area is 144 Å². The molecule has 1 atom stereocenters. The van der Waals surface area contributed by atoms with Crippen LogP contribution >= 0.6 is 0 Å². The van der Waals surface area contributed by atoms with E-state index < -0.39 is 16.0 Å². The Bertz CT molecular complexity index is 673. The molecule has 1 aliphatic heterocycles. The van der Waals surface area contributed by atoms with Crippen LogP contribution in [0.3, 0.4) is 0 Å². The number of hydrogen-bond donors (Lipinski definition) is 1. The number of rotatable bonds is 8. The van der Waals surface area contributed by atoms with Gasteiger partial charge in [0.1, 0.15) is 0 Å². The van der Waals surface area contributed by atoms with Crippen LogP contribution in [0.5, 0.6) is 0 Å². The van der Waals surface area contributed by atoms with E-state index in [1.165, 1.54) is 4.31 Å². The van der Waals surface area contributed by atoms with Crippen molar-refractivity contribution in [2.75, 3.05) is 39.5 Å². The van der Waals surface area contributed by atoms with Crippen molar-refractivity contribution >= 4 is 16.0 Å². The molecule has 1 aromatic carbocycles. The van der Waals surface area contributed by atoms with Crippen molar-refractivity contribution in [2.45, 2.75) is 19.3 Å². The fourth-order valence-electron chi connectivity index (χ4n) is 3.10. The predicted molar refractivity (Wildman–Crippen MR) is 93.7 cm³/mol. The second kappa shape index (κ2) is 8.09. The van der Waals surface area contributed by atoms with E-state index in [1.54, 1.807) is 32.3 Å². The number of aromatic carboxylic acids is 1. The first kappa shape index (κ1) is 18.9. The van der Waals surface area contributed by atoms with Crippen LogP contribution in [0.1, 0.15) is 28.8 Å². The number of carboxylic acid groups (broad SMARTS) is 1. The first-order valence-corrected chi connectivity index (χ1v) is 9.83. The van der Waals surface area contributed by atoms with Gasteiger partial charge in [0.2, 0.25) is 10.0 Å². The molecule has 0 unspecified atom stereocenters. The molecular formula is C17H26N2O4S. The highest BCUT2D eigenvalue weighted by atomic mass is 32.2. The Kier molecular flexibility index (Phi) is 6.37. The molecule has 0 aliphatic carbocycles. The summed E-state index contributed by atoms with van der Waals surface area (Å²) in [6.45, 7) is 2.71. The van der Waals surface area contributed by atoms with Crippen LogP contribution in [-0.4, -0.2) is 68.2 Å². The number of sulfonamides is 1.